The molecule has 13 nitrogen and oxygen atoms in total. The zero-order valence-electron chi connectivity index (χ0n) is 27.3. The van der Waals surface area contributed by atoms with Crippen molar-refractivity contribution in [3.63, 3.8) is 0 Å². The van der Waals surface area contributed by atoms with Gasteiger partial charge in [-0.05, 0) is 13.0 Å². The van der Waals surface area contributed by atoms with Crippen LogP contribution >= 0.6 is 0 Å². The molecule has 0 saturated carbocycles. The first-order valence-corrected chi connectivity index (χ1v) is 15.7. The van der Waals surface area contributed by atoms with Gasteiger partial charge >= 0.3 is 0 Å². The summed E-state index contributed by atoms with van der Waals surface area (Å²) in [5.41, 5.74) is -2.81. The SMILES string of the molecule is COc1cccc2c1C(=O)c1c(O)c3c(c(O)c1C2=O)C[C@@](O)(C(=O)C(C)C)C[C@@H]3OC[C@H]1[C@@H]([C@H](C)OC)O[C@@H]2[C@@H](OC)OCCN21. The van der Waals surface area contributed by atoms with Gasteiger partial charge in [0, 0.05) is 56.2 Å². The summed E-state index contributed by atoms with van der Waals surface area (Å²) in [4.78, 5) is 43.2. The number of ether oxygens (including phenoxy) is 6. The molecule has 2 aliphatic carbocycles. The summed E-state index contributed by atoms with van der Waals surface area (Å²) in [6.45, 7) is 6.03. The van der Waals surface area contributed by atoms with E-state index in [-0.39, 0.29) is 52.7 Å². The van der Waals surface area contributed by atoms with Crippen LogP contribution in [-0.2, 0) is 34.9 Å². The first-order chi connectivity index (χ1) is 22.4. The lowest BCUT2D eigenvalue weighted by molar-refractivity contribution is -0.247. The van der Waals surface area contributed by atoms with Crippen molar-refractivity contribution in [1.82, 2.24) is 4.90 Å². The zero-order valence-corrected chi connectivity index (χ0v) is 27.3. The Bertz CT molecular complexity index is 1600. The molecule has 2 saturated heterocycles. The Morgan fingerprint density at radius 1 is 1.06 bits per heavy atom. The largest absolute Gasteiger partial charge is 0.507 e. The molecular formula is C34H41NO12. The Hall–Kier alpha value is -3.43. The Balaban J connectivity index is 1.45. The molecule has 254 valence electrons. The van der Waals surface area contributed by atoms with Gasteiger partial charge in [0.15, 0.2) is 24.1 Å². The summed E-state index contributed by atoms with van der Waals surface area (Å²) in [5.74, 6) is -3.47. The normalized spacial score (nSPS) is 29.2. The van der Waals surface area contributed by atoms with Crippen LogP contribution in [0.15, 0.2) is 18.2 Å². The molecule has 0 bridgehead atoms. The highest BCUT2D eigenvalue weighted by Crippen LogP contribution is 2.52. The van der Waals surface area contributed by atoms with Crippen LogP contribution in [0.5, 0.6) is 17.2 Å². The lowest BCUT2D eigenvalue weighted by Gasteiger charge is -2.41. The van der Waals surface area contributed by atoms with Crippen molar-refractivity contribution in [2.24, 2.45) is 5.92 Å². The van der Waals surface area contributed by atoms with E-state index in [0.29, 0.717) is 13.2 Å². The summed E-state index contributed by atoms with van der Waals surface area (Å²) >= 11 is 0. The summed E-state index contributed by atoms with van der Waals surface area (Å²) in [6.07, 6.45) is -3.89. The maximum Gasteiger partial charge on any atom is 0.202 e. The predicted octanol–water partition coefficient (Wildman–Crippen LogP) is 2.27. The molecule has 3 N–H and O–H groups in total. The monoisotopic (exact) mass is 655 g/mol. The number of phenolic OH excluding ortho intramolecular Hbond substituents is 2. The highest BCUT2D eigenvalue weighted by atomic mass is 16.7. The predicted molar refractivity (Wildman–Crippen MR) is 164 cm³/mol. The van der Waals surface area contributed by atoms with E-state index >= 15 is 0 Å². The van der Waals surface area contributed by atoms with Crippen LogP contribution in [-0.4, -0.2) is 115 Å². The minimum Gasteiger partial charge on any atom is -0.507 e. The molecule has 2 aromatic rings. The maximum absolute atomic E-state index is 13.9. The van der Waals surface area contributed by atoms with Crippen LogP contribution in [0, 0.1) is 5.92 Å². The molecule has 0 unspecified atom stereocenters. The van der Waals surface area contributed by atoms with E-state index in [1.54, 1.807) is 27.0 Å². The molecule has 4 aliphatic rings. The third kappa shape index (κ3) is 5.25. The number of aromatic hydroxyl groups is 2. The molecule has 0 radical (unpaired) electrons. The fourth-order valence-corrected chi connectivity index (χ4v) is 7.51. The number of benzene rings is 2. The van der Waals surface area contributed by atoms with E-state index in [9.17, 15) is 29.7 Å². The van der Waals surface area contributed by atoms with E-state index in [4.69, 9.17) is 28.4 Å². The lowest BCUT2D eigenvalue weighted by atomic mass is 9.70. The maximum atomic E-state index is 13.9. The number of morpholine rings is 1. The molecule has 13 heteroatoms. The average Bonchev–Trinajstić information content (AvgIpc) is 3.45. The Labute approximate surface area is 272 Å². The number of methoxy groups -OCH3 is 3. The number of ketones is 3. The topological polar surface area (TPSA) is 171 Å². The van der Waals surface area contributed by atoms with Crippen molar-refractivity contribution in [3.8, 4) is 17.2 Å². The number of hydrogen-bond acceptors (Lipinski definition) is 13. The van der Waals surface area contributed by atoms with Crippen molar-refractivity contribution < 1.29 is 58.1 Å². The first kappa shape index (κ1) is 33.5. The van der Waals surface area contributed by atoms with Gasteiger partial charge in [-0.1, -0.05) is 26.0 Å². The summed E-state index contributed by atoms with van der Waals surface area (Å²) < 4.78 is 35.1. The van der Waals surface area contributed by atoms with Crippen LogP contribution in [0.4, 0.5) is 0 Å². The standard InChI is InChI=1S/C34H41NO12/c1-15(2)31(40)34(41)12-18-23(29(39)25-24(27(18)37)26(36)17-8-7-9-20(43-5)22(17)28(25)38)21(13-34)46-14-19-30(16(3)42-4)47-32-33(44-6)45-11-10-35(19)32/h7-9,15-16,19,21,30,32-33,37,39,41H,10-14H2,1-6H3/t16-,19-,21-,30+,32+,33-,34-/m0/s1. The quantitative estimate of drug-likeness (QED) is 0.287. The van der Waals surface area contributed by atoms with Crippen molar-refractivity contribution in [3.05, 3.63) is 51.6 Å². The van der Waals surface area contributed by atoms with Crippen molar-refractivity contribution >= 4 is 17.3 Å². The number of rotatable bonds is 9. The zero-order chi connectivity index (χ0) is 33.9. The van der Waals surface area contributed by atoms with Crippen LogP contribution in [0.2, 0.25) is 0 Å². The number of carbonyl (C=O) groups excluding carboxylic acids is 3. The molecule has 2 heterocycles. The molecule has 2 aromatic carbocycles. The summed E-state index contributed by atoms with van der Waals surface area (Å²) in [7, 11) is 4.46. The minimum absolute atomic E-state index is 0.00240. The fourth-order valence-electron chi connectivity index (χ4n) is 7.51. The third-order valence-corrected chi connectivity index (χ3v) is 9.89. The third-order valence-electron chi connectivity index (χ3n) is 9.89. The second-order valence-corrected chi connectivity index (χ2v) is 12.8. The van der Waals surface area contributed by atoms with Crippen LogP contribution in [0.25, 0.3) is 0 Å². The average molecular weight is 656 g/mol. The van der Waals surface area contributed by atoms with E-state index in [1.165, 1.54) is 26.4 Å². The number of phenols is 2. The van der Waals surface area contributed by atoms with Gasteiger partial charge in [-0.2, -0.15) is 0 Å². The highest BCUT2D eigenvalue weighted by molar-refractivity contribution is 6.31. The molecular weight excluding hydrogens is 614 g/mol. The lowest BCUT2D eigenvalue weighted by Crippen LogP contribution is -2.53. The molecule has 6 rings (SSSR count). The molecule has 2 aliphatic heterocycles. The molecule has 0 aromatic heterocycles. The number of hydrogen-bond donors (Lipinski definition) is 3. The Morgan fingerprint density at radius 2 is 1.79 bits per heavy atom. The smallest absolute Gasteiger partial charge is 0.202 e. The van der Waals surface area contributed by atoms with Crippen molar-refractivity contribution in [2.45, 2.75) is 76.1 Å². The van der Waals surface area contributed by atoms with E-state index in [2.05, 4.69) is 0 Å². The second-order valence-electron chi connectivity index (χ2n) is 12.8. The van der Waals surface area contributed by atoms with E-state index < -0.39 is 83.1 Å². The van der Waals surface area contributed by atoms with Gasteiger partial charge < -0.3 is 43.7 Å². The first-order valence-electron chi connectivity index (χ1n) is 15.7. The van der Waals surface area contributed by atoms with Gasteiger partial charge in [-0.25, -0.2) is 0 Å². The summed E-state index contributed by atoms with van der Waals surface area (Å²) in [5, 5.41) is 35.4. The number of Topliss-reactive ketones (excluding diaryl/α,β-unsaturated/α-hetero) is 1. The second kappa shape index (κ2) is 12.5. The van der Waals surface area contributed by atoms with Gasteiger partial charge in [0.25, 0.3) is 0 Å². The summed E-state index contributed by atoms with van der Waals surface area (Å²) in [6, 6.07) is 4.12. The van der Waals surface area contributed by atoms with E-state index in [0.717, 1.165) is 0 Å². The van der Waals surface area contributed by atoms with Crippen LogP contribution in [0.1, 0.15) is 76.3 Å². The number of nitrogens with zero attached hydrogens (tertiary/aromatic N) is 1. The molecule has 7 atom stereocenters. The van der Waals surface area contributed by atoms with E-state index in [1.807, 2.05) is 11.8 Å². The highest BCUT2D eigenvalue weighted by Gasteiger charge is 2.53. The van der Waals surface area contributed by atoms with Gasteiger partial charge in [-0.3, -0.25) is 19.3 Å². The van der Waals surface area contributed by atoms with Crippen molar-refractivity contribution in [2.75, 3.05) is 41.1 Å². The van der Waals surface area contributed by atoms with Gasteiger partial charge in [0.2, 0.25) is 5.78 Å². The van der Waals surface area contributed by atoms with Gasteiger partial charge in [-0.15, -0.1) is 0 Å². The molecule has 0 spiro atoms. The van der Waals surface area contributed by atoms with Crippen molar-refractivity contribution in [1.29, 1.82) is 0 Å². The molecule has 0 amide bonds. The number of carbonyl (C=O) groups is 3. The minimum atomic E-state index is -2.00. The fraction of sp³-hybridized carbons (Fsp3) is 0.559. The Kier molecular flexibility index (Phi) is 8.94. The Morgan fingerprint density at radius 3 is 2.45 bits per heavy atom. The molecule has 47 heavy (non-hydrogen) atoms. The number of aliphatic hydroxyl groups is 1. The van der Waals surface area contributed by atoms with Crippen LogP contribution < -0.4 is 4.74 Å². The van der Waals surface area contributed by atoms with Crippen LogP contribution in [0.3, 0.4) is 0 Å². The number of fused-ring (bicyclic) bond motifs is 4. The molecule has 2 fully saturated rings. The van der Waals surface area contributed by atoms with Gasteiger partial charge in [0.1, 0.15) is 29.0 Å². The van der Waals surface area contributed by atoms with Gasteiger partial charge in [0.05, 0.1) is 55.3 Å².